The average Bonchev–Trinajstić information content (AvgIpc) is 3.24. The third kappa shape index (κ3) is 15.3. The first kappa shape index (κ1) is 43.4. The van der Waals surface area contributed by atoms with Gasteiger partial charge in [-0.3, -0.25) is 4.52 Å². The molecule has 1 aliphatic carbocycles. The third-order valence-corrected chi connectivity index (χ3v) is 14.0. The first-order chi connectivity index (χ1) is 20.4. The molecule has 0 spiro atoms. The van der Waals surface area contributed by atoms with Gasteiger partial charge in [0.25, 0.3) is 0 Å². The van der Waals surface area contributed by atoms with E-state index < -0.39 is 51.2 Å². The van der Waals surface area contributed by atoms with Gasteiger partial charge in [-0.1, -0.05) is 57.2 Å². The van der Waals surface area contributed by atoms with Crippen molar-refractivity contribution in [1.82, 2.24) is 0 Å². The fraction of sp³-hybridized carbons (Fsp3) is 0.692. The lowest BCUT2D eigenvalue weighted by atomic mass is 9.82. The maximum Gasteiger partial charge on any atom is 0.490 e. The number of phosphoric acid groups is 3. The highest BCUT2D eigenvalue weighted by Gasteiger charge is 2.43. The zero-order chi connectivity index (χ0) is 32.6. The van der Waals surface area contributed by atoms with Crippen LogP contribution in [0.3, 0.4) is 0 Å². The van der Waals surface area contributed by atoms with Crippen LogP contribution in [0, 0.1) is 30.6 Å². The van der Waals surface area contributed by atoms with Gasteiger partial charge >= 0.3 is 23.5 Å². The largest absolute Gasteiger partial charge is 0.490 e. The van der Waals surface area contributed by atoms with Crippen LogP contribution in [0.1, 0.15) is 65.4 Å². The van der Waals surface area contributed by atoms with Gasteiger partial charge < -0.3 is 34.2 Å². The Balaban J connectivity index is 0.00000529. The van der Waals surface area contributed by atoms with Gasteiger partial charge in [-0.05, 0) is 50.7 Å². The topological polar surface area (TPSA) is 233 Å². The van der Waals surface area contributed by atoms with Crippen LogP contribution in [0.25, 0.3) is 0 Å². The summed E-state index contributed by atoms with van der Waals surface area (Å²) in [5.41, 5.74) is 0.964. The lowest BCUT2D eigenvalue weighted by Crippen LogP contribution is -2.27. The predicted octanol–water partition coefficient (Wildman–Crippen LogP) is 5.11. The van der Waals surface area contributed by atoms with E-state index in [1.54, 1.807) is 24.3 Å². The molecule has 0 amide bonds. The van der Waals surface area contributed by atoms with Gasteiger partial charge in [0.05, 0.1) is 23.7 Å². The van der Waals surface area contributed by atoms with Gasteiger partial charge in [-0.2, -0.15) is 8.62 Å². The lowest BCUT2D eigenvalue weighted by molar-refractivity contribution is -0.0408. The first-order valence-electron chi connectivity index (χ1n) is 13.6. The molecule has 0 bridgehead atoms. The highest BCUT2D eigenvalue weighted by Crippen LogP contribution is 2.66. The fourth-order valence-corrected chi connectivity index (χ4v) is 10.1. The normalized spacial score (nSPS) is 26.5. The summed E-state index contributed by atoms with van der Waals surface area (Å²) in [5, 5.41) is 10.4. The predicted molar refractivity (Wildman–Crippen MR) is 172 cm³/mol. The molecule has 1 heterocycles. The quantitative estimate of drug-likeness (QED) is 0.0578. The molecule has 15 nitrogen and oxygen atoms in total. The van der Waals surface area contributed by atoms with E-state index in [0.29, 0.717) is 10.8 Å². The Morgan fingerprint density at radius 1 is 0.957 bits per heavy atom. The van der Waals surface area contributed by atoms with Crippen LogP contribution in [0.5, 0.6) is 0 Å². The minimum absolute atomic E-state index is 0. The summed E-state index contributed by atoms with van der Waals surface area (Å²) in [6.45, 7) is 1.26. The van der Waals surface area contributed by atoms with Gasteiger partial charge in [0.2, 0.25) is 8.87 Å². The SMILES string of the molecule is C.C.Cc1ccc(S(=O)(=O)SCOCC#CC2CCCCC(C3CC(O)C(COP(=O)(O)OP(=O)(O)OP(=O)(O)O)O3)CC2)cc1. The Hall–Kier alpha value is -0.630. The van der Waals surface area contributed by atoms with Crippen LogP contribution in [-0.2, 0) is 45.2 Å². The monoisotopic (exact) mass is 754 g/mol. The van der Waals surface area contributed by atoms with Crippen LogP contribution in [0.2, 0.25) is 0 Å². The standard InChI is InChI=1S/C24H37O15P3S2.2CH4/c1-18-8-12-21(13-9-18)44(33,34)43-17-35-14-4-6-19-5-2-3-7-20(11-10-19)23-15-22(25)24(37-23)16-36-41(29,30)39-42(31,32)38-40(26,27)28;;/h8-9,12-13,19-20,22-25H,2-3,5,7,10-11,14-17H2,1H3,(H,29,30)(H,31,32)(H2,26,27,28);2*1H4. The number of aliphatic hydroxyl groups is 1. The molecular formula is C26H45O15P3S2. The van der Waals surface area contributed by atoms with Gasteiger partial charge in [-0.25, -0.2) is 22.1 Å². The summed E-state index contributed by atoms with van der Waals surface area (Å²) in [7, 11) is -19.3. The van der Waals surface area contributed by atoms with Crippen LogP contribution >= 0.6 is 34.3 Å². The fourth-order valence-electron chi connectivity index (χ4n) is 4.85. The molecule has 3 rings (SSSR count). The van der Waals surface area contributed by atoms with E-state index in [1.807, 2.05) is 6.92 Å². The molecule has 0 aromatic heterocycles. The van der Waals surface area contributed by atoms with E-state index in [2.05, 4.69) is 25.0 Å². The van der Waals surface area contributed by atoms with Gasteiger partial charge in [0.1, 0.15) is 18.6 Å². The Morgan fingerprint density at radius 2 is 1.61 bits per heavy atom. The molecule has 2 fully saturated rings. The number of hydrogen-bond acceptors (Lipinski definition) is 12. The summed E-state index contributed by atoms with van der Waals surface area (Å²) in [6, 6.07) is 6.58. The second-order valence-corrected chi connectivity index (χ2v) is 18.7. The number of benzene rings is 1. The Bertz CT molecular complexity index is 1410. The van der Waals surface area contributed by atoms with Crippen LogP contribution < -0.4 is 0 Å². The molecule has 7 unspecified atom stereocenters. The van der Waals surface area contributed by atoms with Crippen molar-refractivity contribution in [2.75, 3.05) is 19.2 Å². The number of phosphoric ester groups is 1. The number of aliphatic hydroxyl groups excluding tert-OH is 1. The zero-order valence-corrected chi connectivity index (χ0v) is 28.1. The van der Waals surface area contributed by atoms with Crippen molar-refractivity contribution in [3.05, 3.63) is 29.8 Å². The highest BCUT2D eigenvalue weighted by atomic mass is 33.1. The molecule has 2 aliphatic rings. The van der Waals surface area contributed by atoms with E-state index in [4.69, 9.17) is 19.3 Å². The maximum atomic E-state index is 12.4. The Labute approximate surface area is 274 Å². The van der Waals surface area contributed by atoms with Gasteiger partial charge in [0.15, 0.2) is 0 Å². The van der Waals surface area contributed by atoms with Crippen LogP contribution in [0.15, 0.2) is 29.2 Å². The summed E-state index contributed by atoms with van der Waals surface area (Å²) >= 11 is 0. The Kier molecular flexibility index (Phi) is 17.9. The molecule has 1 aliphatic heterocycles. The second-order valence-electron chi connectivity index (χ2n) is 10.4. The second kappa shape index (κ2) is 18.9. The van der Waals surface area contributed by atoms with Gasteiger partial charge in [0, 0.05) is 23.1 Å². The summed E-state index contributed by atoms with van der Waals surface area (Å²) in [6.07, 6.45) is 2.75. The molecule has 5 N–H and O–H groups in total. The minimum atomic E-state index is -5.64. The van der Waals surface area contributed by atoms with Crippen molar-refractivity contribution in [1.29, 1.82) is 0 Å². The molecule has 1 aromatic carbocycles. The minimum Gasteiger partial charge on any atom is -0.390 e. The number of aryl methyl sites for hydroxylation is 1. The maximum absolute atomic E-state index is 12.4. The molecule has 1 aromatic rings. The van der Waals surface area contributed by atoms with Crippen LogP contribution in [-0.4, -0.2) is 70.6 Å². The molecule has 0 radical (unpaired) electrons. The molecule has 20 heteroatoms. The molecule has 266 valence electrons. The van der Waals surface area contributed by atoms with Crippen molar-refractivity contribution >= 4 is 43.1 Å². The van der Waals surface area contributed by atoms with E-state index in [9.17, 15) is 37.0 Å². The van der Waals surface area contributed by atoms with Gasteiger partial charge in [-0.15, -0.1) is 0 Å². The Morgan fingerprint density at radius 3 is 2.26 bits per heavy atom. The van der Waals surface area contributed by atoms with Crippen molar-refractivity contribution < 1.29 is 69.4 Å². The van der Waals surface area contributed by atoms with Crippen molar-refractivity contribution in [2.45, 2.75) is 89.9 Å². The smallest absolute Gasteiger partial charge is 0.390 e. The average molecular weight is 755 g/mol. The van der Waals surface area contributed by atoms with E-state index in [-0.39, 0.29) is 56.7 Å². The van der Waals surface area contributed by atoms with Crippen molar-refractivity contribution in [3.63, 3.8) is 0 Å². The number of ether oxygens (including phenoxy) is 2. The van der Waals surface area contributed by atoms with E-state index in [0.717, 1.165) is 44.1 Å². The number of hydrogen-bond donors (Lipinski definition) is 5. The lowest BCUT2D eigenvalue weighted by Gasteiger charge is -2.27. The highest BCUT2D eigenvalue weighted by molar-refractivity contribution is 8.72. The first-order valence-corrected chi connectivity index (χ1v) is 21.1. The zero-order valence-electron chi connectivity index (χ0n) is 23.7. The molecule has 1 saturated carbocycles. The van der Waals surface area contributed by atoms with E-state index in [1.165, 1.54) is 0 Å². The molecule has 7 atom stereocenters. The summed E-state index contributed by atoms with van der Waals surface area (Å²) < 4.78 is 82.3. The van der Waals surface area contributed by atoms with Crippen molar-refractivity contribution in [2.24, 2.45) is 11.8 Å². The summed E-state index contributed by atoms with van der Waals surface area (Å²) in [4.78, 5) is 36.4. The molecule has 46 heavy (non-hydrogen) atoms. The van der Waals surface area contributed by atoms with Crippen LogP contribution in [0.4, 0.5) is 0 Å². The molecule has 1 saturated heterocycles. The third-order valence-electron chi connectivity index (χ3n) is 6.94. The van der Waals surface area contributed by atoms with E-state index >= 15 is 0 Å². The number of rotatable bonds is 13. The molecular weight excluding hydrogens is 709 g/mol. The summed E-state index contributed by atoms with van der Waals surface area (Å²) in [5.74, 6) is 6.28. The van der Waals surface area contributed by atoms with Crippen molar-refractivity contribution in [3.8, 4) is 11.8 Å².